The van der Waals surface area contributed by atoms with Gasteiger partial charge in [-0.15, -0.1) is 0 Å². The van der Waals surface area contributed by atoms with Crippen LogP contribution in [-0.2, 0) is 6.54 Å². The number of fused-ring (bicyclic) bond motifs is 3. The molecule has 1 aliphatic rings. The Hall–Kier alpha value is -3.59. The van der Waals surface area contributed by atoms with E-state index in [2.05, 4.69) is 24.3 Å². The van der Waals surface area contributed by atoms with E-state index in [1.165, 1.54) is 0 Å². The summed E-state index contributed by atoms with van der Waals surface area (Å²) in [6.45, 7) is 0.488. The molecule has 1 amide bonds. The van der Waals surface area contributed by atoms with Gasteiger partial charge in [0.25, 0.3) is 0 Å². The predicted molar refractivity (Wildman–Crippen MR) is 110 cm³/mol. The van der Waals surface area contributed by atoms with Crippen molar-refractivity contribution in [1.82, 2.24) is 4.90 Å². The van der Waals surface area contributed by atoms with Crippen LogP contribution >= 0.6 is 0 Å². The summed E-state index contributed by atoms with van der Waals surface area (Å²) in [6, 6.07) is 32.2. The van der Waals surface area contributed by atoms with Crippen molar-refractivity contribution in [2.24, 2.45) is 0 Å². The minimum Gasteiger partial charge on any atom is -0.410 e. The molecule has 1 atom stereocenters. The lowest BCUT2D eigenvalue weighted by molar-refractivity contribution is 0.123. The van der Waals surface area contributed by atoms with E-state index in [4.69, 9.17) is 4.74 Å². The van der Waals surface area contributed by atoms with Crippen molar-refractivity contribution in [3.05, 3.63) is 114 Å². The highest BCUT2D eigenvalue weighted by Gasteiger charge is 2.36. The van der Waals surface area contributed by atoms with E-state index in [0.717, 1.165) is 27.5 Å². The van der Waals surface area contributed by atoms with Crippen LogP contribution < -0.4 is 4.74 Å². The van der Waals surface area contributed by atoms with Crippen molar-refractivity contribution in [3.8, 4) is 5.75 Å². The Morgan fingerprint density at radius 1 is 0.750 bits per heavy atom. The smallest absolute Gasteiger partial charge is 0.410 e. The molecule has 0 saturated heterocycles. The van der Waals surface area contributed by atoms with Crippen LogP contribution in [0.2, 0.25) is 0 Å². The van der Waals surface area contributed by atoms with Gasteiger partial charge in [-0.2, -0.15) is 0 Å². The van der Waals surface area contributed by atoms with Crippen molar-refractivity contribution in [2.45, 2.75) is 12.6 Å². The molecule has 0 spiro atoms. The highest BCUT2D eigenvalue weighted by molar-refractivity contribution is 5.91. The number of benzene rings is 4. The summed E-state index contributed by atoms with van der Waals surface area (Å²) in [5.74, 6) is 0.641. The molecule has 0 fully saturated rings. The zero-order valence-corrected chi connectivity index (χ0v) is 15.3. The number of carbonyl (C=O) groups excluding carboxylic acids is 1. The molecular formula is C25H19NO2. The van der Waals surface area contributed by atoms with Crippen LogP contribution in [0.3, 0.4) is 0 Å². The van der Waals surface area contributed by atoms with Crippen molar-refractivity contribution >= 4 is 16.9 Å². The first-order valence-electron chi connectivity index (χ1n) is 9.40. The van der Waals surface area contributed by atoms with Crippen LogP contribution in [0, 0.1) is 0 Å². The van der Waals surface area contributed by atoms with Crippen molar-refractivity contribution < 1.29 is 9.53 Å². The van der Waals surface area contributed by atoms with Crippen molar-refractivity contribution in [2.75, 3.05) is 0 Å². The Labute approximate surface area is 163 Å². The Bertz CT molecular complexity index is 1140. The molecule has 4 aromatic rings. The van der Waals surface area contributed by atoms with Crippen LogP contribution in [0.25, 0.3) is 10.8 Å². The average molecular weight is 365 g/mol. The second kappa shape index (κ2) is 6.86. The monoisotopic (exact) mass is 365 g/mol. The van der Waals surface area contributed by atoms with E-state index in [1.54, 1.807) is 0 Å². The highest BCUT2D eigenvalue weighted by atomic mass is 16.6. The van der Waals surface area contributed by atoms with Gasteiger partial charge in [0.05, 0.1) is 6.04 Å². The molecule has 1 aliphatic heterocycles. The maximum absolute atomic E-state index is 13.0. The third-order valence-electron chi connectivity index (χ3n) is 5.26. The molecule has 0 aromatic heterocycles. The number of rotatable bonds is 3. The number of amides is 1. The molecule has 0 bridgehead atoms. The van der Waals surface area contributed by atoms with E-state index in [1.807, 2.05) is 77.7 Å². The first kappa shape index (κ1) is 16.6. The second-order valence-corrected chi connectivity index (χ2v) is 6.99. The molecule has 5 rings (SSSR count). The van der Waals surface area contributed by atoms with Gasteiger partial charge in [0.1, 0.15) is 5.75 Å². The molecule has 0 radical (unpaired) electrons. The largest absolute Gasteiger partial charge is 0.416 e. The Balaban J connectivity index is 1.72. The molecule has 0 aliphatic carbocycles. The fraction of sp³-hybridized carbons (Fsp3) is 0.0800. The summed E-state index contributed by atoms with van der Waals surface area (Å²) in [6.07, 6.45) is -0.319. The molecule has 4 aromatic carbocycles. The van der Waals surface area contributed by atoms with Gasteiger partial charge in [-0.1, -0.05) is 91.0 Å². The SMILES string of the molecule is O=C1Oc2ccc3ccccc3c2C(c2ccccc2)N1Cc1ccccc1. The van der Waals surface area contributed by atoms with Crippen molar-refractivity contribution in [3.63, 3.8) is 0 Å². The normalized spacial score (nSPS) is 15.9. The molecule has 28 heavy (non-hydrogen) atoms. The lowest BCUT2D eigenvalue weighted by Gasteiger charge is -2.37. The van der Waals surface area contributed by atoms with Crippen molar-refractivity contribution in [1.29, 1.82) is 0 Å². The zero-order valence-electron chi connectivity index (χ0n) is 15.3. The van der Waals surface area contributed by atoms with Crippen LogP contribution in [-0.4, -0.2) is 11.0 Å². The average Bonchev–Trinajstić information content (AvgIpc) is 2.75. The maximum atomic E-state index is 13.0. The summed E-state index contributed by atoms with van der Waals surface area (Å²) < 4.78 is 5.76. The number of ether oxygens (including phenoxy) is 1. The third-order valence-corrected chi connectivity index (χ3v) is 5.26. The van der Waals surface area contributed by atoms with E-state index >= 15 is 0 Å². The summed E-state index contributed by atoms with van der Waals surface area (Å²) in [7, 11) is 0. The summed E-state index contributed by atoms with van der Waals surface area (Å²) in [5, 5.41) is 2.25. The van der Waals surface area contributed by atoms with Gasteiger partial charge in [-0.3, -0.25) is 4.90 Å². The van der Waals surface area contributed by atoms with E-state index in [0.29, 0.717) is 12.3 Å². The van der Waals surface area contributed by atoms with E-state index in [9.17, 15) is 4.79 Å². The minimum atomic E-state index is -0.319. The fourth-order valence-electron chi connectivity index (χ4n) is 3.98. The maximum Gasteiger partial charge on any atom is 0.416 e. The summed E-state index contributed by atoms with van der Waals surface area (Å²) in [5.41, 5.74) is 3.19. The molecule has 1 unspecified atom stereocenters. The highest BCUT2D eigenvalue weighted by Crippen LogP contribution is 2.43. The standard InChI is InChI=1S/C25H19NO2/c27-25-26(17-18-9-3-1-4-10-18)24(20-12-5-2-6-13-20)23-21-14-8-7-11-19(21)15-16-22(23)28-25/h1-16,24H,17H2. The Morgan fingerprint density at radius 3 is 2.21 bits per heavy atom. The molecule has 1 heterocycles. The van der Waals surface area contributed by atoms with Gasteiger partial charge in [0.15, 0.2) is 0 Å². The Morgan fingerprint density at radius 2 is 1.43 bits per heavy atom. The molecule has 3 nitrogen and oxygen atoms in total. The van der Waals surface area contributed by atoms with Gasteiger partial charge < -0.3 is 4.74 Å². The van der Waals surface area contributed by atoms with Gasteiger partial charge in [0.2, 0.25) is 0 Å². The lowest BCUT2D eigenvalue weighted by atomic mass is 9.90. The third kappa shape index (κ3) is 2.81. The number of hydrogen-bond acceptors (Lipinski definition) is 2. The van der Waals surface area contributed by atoms with Crippen LogP contribution in [0.5, 0.6) is 5.75 Å². The van der Waals surface area contributed by atoms with Gasteiger partial charge in [0, 0.05) is 12.1 Å². The Kier molecular flexibility index (Phi) is 4.06. The predicted octanol–water partition coefficient (Wildman–Crippen LogP) is 5.94. The van der Waals surface area contributed by atoms with Crippen LogP contribution in [0.1, 0.15) is 22.7 Å². The van der Waals surface area contributed by atoms with Gasteiger partial charge >= 0.3 is 6.09 Å². The van der Waals surface area contributed by atoms with Crippen LogP contribution in [0.15, 0.2) is 97.1 Å². The molecule has 3 heteroatoms. The quantitative estimate of drug-likeness (QED) is 0.449. The van der Waals surface area contributed by atoms with Crippen LogP contribution in [0.4, 0.5) is 4.79 Å². The van der Waals surface area contributed by atoms with E-state index < -0.39 is 0 Å². The van der Waals surface area contributed by atoms with Gasteiger partial charge in [-0.25, -0.2) is 4.79 Å². The molecule has 0 saturated carbocycles. The van der Waals surface area contributed by atoms with Gasteiger partial charge in [-0.05, 0) is 28.0 Å². The lowest BCUT2D eigenvalue weighted by Crippen LogP contribution is -2.41. The summed E-state index contributed by atoms with van der Waals surface area (Å²) >= 11 is 0. The molecule has 136 valence electrons. The topological polar surface area (TPSA) is 29.5 Å². The summed E-state index contributed by atoms with van der Waals surface area (Å²) in [4.78, 5) is 14.8. The minimum absolute atomic E-state index is 0.205. The fourth-order valence-corrected chi connectivity index (χ4v) is 3.98. The molecular weight excluding hydrogens is 346 g/mol. The van der Waals surface area contributed by atoms with E-state index in [-0.39, 0.29) is 12.1 Å². The first-order chi connectivity index (χ1) is 13.8. The second-order valence-electron chi connectivity index (χ2n) is 6.99. The zero-order chi connectivity index (χ0) is 18.9. The number of nitrogens with zero attached hydrogens (tertiary/aromatic N) is 1. The number of carbonyl (C=O) groups is 1. The first-order valence-corrected chi connectivity index (χ1v) is 9.40. The molecule has 0 N–H and O–H groups in total. The number of hydrogen-bond donors (Lipinski definition) is 0.